The summed E-state index contributed by atoms with van der Waals surface area (Å²) in [5, 5.41) is 10.8. The number of amides is 4. The third kappa shape index (κ3) is 3.31. The standard InChI is InChI=1S/C31H19N3O6/c1-15-3-10-24-26(11-15)40-27(32-24)21-9-6-18(14-25(21)35)34-30(38)20-8-5-17(13-23(20)31(34)39)16-4-7-19-22(12-16)29(37)33(2)28(19)36/h3-14,35H,1-2H3. The number of aromatic nitrogens is 1. The minimum absolute atomic E-state index is 0.194. The molecule has 194 valence electrons. The van der Waals surface area contributed by atoms with Gasteiger partial charge in [-0.25, -0.2) is 9.88 Å². The first-order chi connectivity index (χ1) is 19.2. The van der Waals surface area contributed by atoms with Crippen molar-refractivity contribution in [3.05, 3.63) is 101 Å². The van der Waals surface area contributed by atoms with Crippen molar-refractivity contribution < 1.29 is 28.7 Å². The fraction of sp³-hybridized carbons (Fsp3) is 0.0645. The van der Waals surface area contributed by atoms with Gasteiger partial charge in [0.25, 0.3) is 23.6 Å². The quantitative estimate of drug-likeness (QED) is 0.319. The largest absolute Gasteiger partial charge is 0.507 e. The molecule has 2 aliphatic rings. The van der Waals surface area contributed by atoms with E-state index in [1.807, 2.05) is 25.1 Å². The first-order valence-corrected chi connectivity index (χ1v) is 12.4. The Morgan fingerprint density at radius 1 is 0.675 bits per heavy atom. The van der Waals surface area contributed by atoms with E-state index in [4.69, 9.17) is 4.42 Å². The number of fused-ring (bicyclic) bond motifs is 3. The SMILES string of the molecule is Cc1ccc2nc(-c3ccc(N4C(=O)c5ccc(-c6ccc7c(c6)C(=O)N(C)C7=O)cc5C4=O)cc3O)oc2c1. The van der Waals surface area contributed by atoms with E-state index in [1.165, 1.54) is 13.1 Å². The molecule has 0 saturated carbocycles. The Kier molecular flexibility index (Phi) is 4.83. The van der Waals surface area contributed by atoms with Crippen molar-refractivity contribution in [2.45, 2.75) is 6.92 Å². The molecule has 0 atom stereocenters. The van der Waals surface area contributed by atoms with Crippen molar-refractivity contribution in [3.8, 4) is 28.3 Å². The van der Waals surface area contributed by atoms with E-state index >= 15 is 0 Å². The molecular formula is C31H19N3O6. The molecule has 1 N–H and O–H groups in total. The van der Waals surface area contributed by atoms with Gasteiger partial charge < -0.3 is 9.52 Å². The van der Waals surface area contributed by atoms with Crippen LogP contribution in [0.4, 0.5) is 5.69 Å². The number of imide groups is 2. The van der Waals surface area contributed by atoms with E-state index in [2.05, 4.69) is 4.98 Å². The van der Waals surface area contributed by atoms with Gasteiger partial charge in [0.15, 0.2) is 5.58 Å². The van der Waals surface area contributed by atoms with Crippen LogP contribution >= 0.6 is 0 Å². The summed E-state index contributed by atoms with van der Waals surface area (Å²) in [5.41, 5.74) is 5.04. The van der Waals surface area contributed by atoms with Crippen LogP contribution < -0.4 is 4.90 Å². The number of hydrogen-bond donors (Lipinski definition) is 1. The molecule has 40 heavy (non-hydrogen) atoms. The molecule has 0 fully saturated rings. The number of carbonyl (C=O) groups excluding carboxylic acids is 4. The molecule has 0 bridgehead atoms. The van der Waals surface area contributed by atoms with Crippen LogP contribution in [0.15, 0.2) is 77.2 Å². The predicted molar refractivity (Wildman–Crippen MR) is 145 cm³/mol. The molecule has 0 saturated heterocycles. The highest BCUT2D eigenvalue weighted by atomic mass is 16.3. The molecule has 9 nitrogen and oxygen atoms in total. The molecular weight excluding hydrogens is 510 g/mol. The van der Waals surface area contributed by atoms with Crippen LogP contribution in [0.1, 0.15) is 47.0 Å². The lowest BCUT2D eigenvalue weighted by Gasteiger charge is -2.14. The normalized spacial score (nSPS) is 14.4. The molecule has 1 aromatic heterocycles. The van der Waals surface area contributed by atoms with Gasteiger partial charge in [0.1, 0.15) is 11.3 Å². The van der Waals surface area contributed by atoms with Crippen LogP contribution in [0.2, 0.25) is 0 Å². The molecule has 7 rings (SSSR count). The lowest BCUT2D eigenvalue weighted by Crippen LogP contribution is -2.29. The van der Waals surface area contributed by atoms with Gasteiger partial charge in [-0.3, -0.25) is 24.1 Å². The second-order valence-electron chi connectivity index (χ2n) is 9.83. The first kappa shape index (κ1) is 23.5. The third-order valence-corrected chi connectivity index (χ3v) is 7.32. The number of aryl methyl sites for hydroxylation is 1. The van der Waals surface area contributed by atoms with Crippen molar-refractivity contribution in [2.24, 2.45) is 0 Å². The van der Waals surface area contributed by atoms with Gasteiger partial charge in [0.2, 0.25) is 5.89 Å². The molecule has 0 spiro atoms. The van der Waals surface area contributed by atoms with Crippen LogP contribution in [0.25, 0.3) is 33.7 Å². The van der Waals surface area contributed by atoms with Crippen LogP contribution in [0.3, 0.4) is 0 Å². The van der Waals surface area contributed by atoms with E-state index in [0.29, 0.717) is 38.9 Å². The summed E-state index contributed by atoms with van der Waals surface area (Å²) in [6.07, 6.45) is 0. The summed E-state index contributed by atoms with van der Waals surface area (Å²) in [6.45, 7) is 1.94. The molecule has 3 heterocycles. The molecule has 4 aromatic carbocycles. The summed E-state index contributed by atoms with van der Waals surface area (Å²) < 4.78 is 5.81. The fourth-order valence-corrected chi connectivity index (χ4v) is 5.18. The Morgan fingerprint density at radius 3 is 1.98 bits per heavy atom. The monoisotopic (exact) mass is 529 g/mol. The number of phenols is 1. The number of aromatic hydroxyl groups is 1. The van der Waals surface area contributed by atoms with E-state index in [-0.39, 0.29) is 34.4 Å². The highest BCUT2D eigenvalue weighted by molar-refractivity contribution is 6.34. The van der Waals surface area contributed by atoms with Gasteiger partial charge in [-0.05, 0) is 72.1 Å². The number of oxazole rings is 1. The molecule has 0 unspecified atom stereocenters. The number of anilines is 1. The van der Waals surface area contributed by atoms with Crippen LogP contribution in [0.5, 0.6) is 5.75 Å². The molecule has 0 radical (unpaired) electrons. The van der Waals surface area contributed by atoms with E-state index in [1.54, 1.807) is 48.5 Å². The van der Waals surface area contributed by atoms with Gasteiger partial charge in [-0.2, -0.15) is 0 Å². The van der Waals surface area contributed by atoms with E-state index in [0.717, 1.165) is 15.4 Å². The van der Waals surface area contributed by atoms with Gasteiger partial charge in [0.05, 0.1) is 33.5 Å². The van der Waals surface area contributed by atoms with Crippen LogP contribution in [0, 0.1) is 6.92 Å². The van der Waals surface area contributed by atoms with Crippen LogP contribution in [-0.2, 0) is 0 Å². The molecule has 0 aliphatic carbocycles. The lowest BCUT2D eigenvalue weighted by molar-refractivity contribution is 0.0692. The Hall–Kier alpha value is -5.57. The summed E-state index contributed by atoms with van der Waals surface area (Å²) in [7, 11) is 1.43. The van der Waals surface area contributed by atoms with E-state index in [9.17, 15) is 24.3 Å². The summed E-state index contributed by atoms with van der Waals surface area (Å²) >= 11 is 0. The average molecular weight is 530 g/mol. The van der Waals surface area contributed by atoms with Crippen molar-refractivity contribution in [1.29, 1.82) is 0 Å². The number of rotatable bonds is 3. The second-order valence-corrected chi connectivity index (χ2v) is 9.83. The number of carbonyl (C=O) groups is 4. The maximum absolute atomic E-state index is 13.4. The zero-order valence-electron chi connectivity index (χ0n) is 21.3. The second kappa shape index (κ2) is 8.21. The van der Waals surface area contributed by atoms with Crippen LogP contribution in [-0.4, -0.2) is 45.7 Å². The average Bonchev–Trinajstić information content (AvgIpc) is 3.55. The minimum atomic E-state index is -0.543. The van der Waals surface area contributed by atoms with Gasteiger partial charge in [-0.15, -0.1) is 0 Å². The van der Waals surface area contributed by atoms with Crippen molar-refractivity contribution in [3.63, 3.8) is 0 Å². The maximum atomic E-state index is 13.4. The lowest BCUT2D eigenvalue weighted by atomic mass is 9.97. The topological polar surface area (TPSA) is 121 Å². The predicted octanol–water partition coefficient (Wildman–Crippen LogP) is 5.20. The molecule has 2 aliphatic heterocycles. The Balaban J connectivity index is 1.22. The number of nitrogens with zero attached hydrogens (tertiary/aromatic N) is 3. The van der Waals surface area contributed by atoms with Gasteiger partial charge in [-0.1, -0.05) is 18.2 Å². The summed E-state index contributed by atoms with van der Waals surface area (Å²) in [5.74, 6) is -1.79. The Labute approximate surface area is 226 Å². The van der Waals surface area contributed by atoms with Gasteiger partial charge in [0, 0.05) is 13.1 Å². The maximum Gasteiger partial charge on any atom is 0.266 e. The van der Waals surface area contributed by atoms with Crippen molar-refractivity contribution in [2.75, 3.05) is 11.9 Å². The fourth-order valence-electron chi connectivity index (χ4n) is 5.18. The van der Waals surface area contributed by atoms with Gasteiger partial charge >= 0.3 is 0 Å². The number of phenolic OH excluding ortho intramolecular Hbond substituents is 1. The highest BCUT2D eigenvalue weighted by Gasteiger charge is 2.38. The van der Waals surface area contributed by atoms with Crippen molar-refractivity contribution in [1.82, 2.24) is 9.88 Å². The zero-order chi connectivity index (χ0) is 27.9. The summed E-state index contributed by atoms with van der Waals surface area (Å²) in [4.78, 5) is 57.8. The number of benzene rings is 4. The third-order valence-electron chi connectivity index (χ3n) is 7.32. The van der Waals surface area contributed by atoms with Crippen molar-refractivity contribution >= 4 is 40.4 Å². The zero-order valence-corrected chi connectivity index (χ0v) is 21.3. The molecule has 5 aromatic rings. The number of hydrogen-bond acceptors (Lipinski definition) is 7. The smallest absolute Gasteiger partial charge is 0.266 e. The minimum Gasteiger partial charge on any atom is -0.507 e. The first-order valence-electron chi connectivity index (χ1n) is 12.4. The Morgan fingerprint density at radius 2 is 1.27 bits per heavy atom. The Bertz CT molecular complexity index is 1990. The van der Waals surface area contributed by atoms with E-state index < -0.39 is 17.7 Å². The molecule has 9 heteroatoms. The molecule has 4 amide bonds. The highest BCUT2D eigenvalue weighted by Crippen LogP contribution is 2.38. The summed E-state index contributed by atoms with van der Waals surface area (Å²) in [6, 6.07) is 19.8.